The van der Waals surface area contributed by atoms with E-state index in [2.05, 4.69) is 10.3 Å². The molecule has 0 atom stereocenters. The van der Waals surface area contributed by atoms with Crippen LogP contribution in [0, 0.1) is 0 Å². The summed E-state index contributed by atoms with van der Waals surface area (Å²) in [7, 11) is 4.82. The highest BCUT2D eigenvalue weighted by molar-refractivity contribution is 7.18. The fourth-order valence-electron chi connectivity index (χ4n) is 1.93. The van der Waals surface area contributed by atoms with Gasteiger partial charge in [0.25, 0.3) is 0 Å². The van der Waals surface area contributed by atoms with Gasteiger partial charge in [-0.3, -0.25) is 0 Å². The lowest BCUT2D eigenvalue weighted by molar-refractivity contribution is 0.325. The highest BCUT2D eigenvalue weighted by Crippen LogP contribution is 2.45. The summed E-state index contributed by atoms with van der Waals surface area (Å²) in [5, 5.41) is 4.09. The maximum Gasteiger partial charge on any atom is 0.203 e. The molecule has 0 spiro atoms. The van der Waals surface area contributed by atoms with Gasteiger partial charge in [0, 0.05) is 18.3 Å². The SMILES string of the molecule is CCNc1ncc(-c2ccc(OC)c(OC)c2OC)s1. The number of rotatable bonds is 6. The third-order valence-corrected chi connectivity index (χ3v) is 3.79. The molecule has 20 heavy (non-hydrogen) atoms. The second-order valence-corrected chi connectivity index (χ2v) is 4.97. The van der Waals surface area contributed by atoms with Crippen LogP contribution >= 0.6 is 11.3 Å². The maximum absolute atomic E-state index is 5.49. The number of methoxy groups -OCH3 is 3. The third kappa shape index (κ3) is 2.65. The van der Waals surface area contributed by atoms with E-state index >= 15 is 0 Å². The summed E-state index contributed by atoms with van der Waals surface area (Å²) < 4.78 is 16.2. The largest absolute Gasteiger partial charge is 0.493 e. The van der Waals surface area contributed by atoms with Crippen molar-refractivity contribution in [3.05, 3.63) is 18.3 Å². The van der Waals surface area contributed by atoms with Gasteiger partial charge >= 0.3 is 0 Å². The Morgan fingerprint density at radius 3 is 2.45 bits per heavy atom. The number of anilines is 1. The summed E-state index contributed by atoms with van der Waals surface area (Å²) in [4.78, 5) is 5.35. The van der Waals surface area contributed by atoms with Gasteiger partial charge in [-0.2, -0.15) is 0 Å². The quantitative estimate of drug-likeness (QED) is 0.886. The molecule has 0 saturated carbocycles. The van der Waals surface area contributed by atoms with Crippen LogP contribution in [0.5, 0.6) is 17.2 Å². The molecular formula is C14H18N2O3S. The zero-order valence-electron chi connectivity index (χ0n) is 12.0. The Kier molecular flexibility index (Phi) is 4.68. The molecule has 2 rings (SSSR count). The Balaban J connectivity index is 2.49. The van der Waals surface area contributed by atoms with Crippen LogP contribution in [-0.2, 0) is 0 Å². The molecule has 6 heteroatoms. The number of hydrogen-bond donors (Lipinski definition) is 1. The first-order chi connectivity index (χ1) is 9.74. The van der Waals surface area contributed by atoms with Crippen LogP contribution in [0.15, 0.2) is 18.3 Å². The number of thiazole rings is 1. The van der Waals surface area contributed by atoms with Crippen LogP contribution in [0.4, 0.5) is 5.13 Å². The van der Waals surface area contributed by atoms with Crippen molar-refractivity contribution < 1.29 is 14.2 Å². The van der Waals surface area contributed by atoms with Gasteiger partial charge in [0.05, 0.1) is 26.2 Å². The van der Waals surface area contributed by atoms with Gasteiger partial charge in [-0.25, -0.2) is 4.98 Å². The van der Waals surface area contributed by atoms with Gasteiger partial charge < -0.3 is 19.5 Å². The molecule has 0 saturated heterocycles. The Hall–Kier alpha value is -1.95. The number of benzene rings is 1. The molecule has 5 nitrogen and oxygen atoms in total. The standard InChI is InChI=1S/C14H18N2O3S/c1-5-15-14-16-8-11(20-14)9-6-7-10(17-2)13(19-4)12(9)18-3/h6-8H,5H2,1-4H3,(H,15,16). The third-order valence-electron chi connectivity index (χ3n) is 2.80. The fourth-order valence-corrected chi connectivity index (χ4v) is 2.83. The predicted octanol–water partition coefficient (Wildman–Crippen LogP) is 3.27. The molecule has 0 aliphatic rings. The number of aromatic nitrogens is 1. The van der Waals surface area contributed by atoms with Gasteiger partial charge in [0.15, 0.2) is 16.6 Å². The molecule has 1 aromatic heterocycles. The van der Waals surface area contributed by atoms with E-state index in [1.54, 1.807) is 32.7 Å². The monoisotopic (exact) mass is 294 g/mol. The van der Waals surface area contributed by atoms with Gasteiger partial charge in [-0.1, -0.05) is 11.3 Å². The van der Waals surface area contributed by atoms with Crippen LogP contribution in [0.2, 0.25) is 0 Å². The van der Waals surface area contributed by atoms with Crippen molar-refractivity contribution in [1.29, 1.82) is 0 Å². The minimum Gasteiger partial charge on any atom is -0.493 e. The number of nitrogens with one attached hydrogen (secondary N) is 1. The van der Waals surface area contributed by atoms with E-state index in [0.29, 0.717) is 17.2 Å². The smallest absolute Gasteiger partial charge is 0.203 e. The van der Waals surface area contributed by atoms with E-state index in [0.717, 1.165) is 22.1 Å². The molecule has 0 unspecified atom stereocenters. The van der Waals surface area contributed by atoms with Gasteiger partial charge in [-0.05, 0) is 19.1 Å². The average molecular weight is 294 g/mol. The van der Waals surface area contributed by atoms with Gasteiger partial charge in [0.1, 0.15) is 0 Å². The van der Waals surface area contributed by atoms with Crippen LogP contribution in [0.3, 0.4) is 0 Å². The van der Waals surface area contributed by atoms with E-state index in [-0.39, 0.29) is 0 Å². The lowest BCUT2D eigenvalue weighted by atomic mass is 10.1. The van der Waals surface area contributed by atoms with Gasteiger partial charge in [0.2, 0.25) is 5.75 Å². The second kappa shape index (κ2) is 6.47. The van der Waals surface area contributed by atoms with E-state index in [4.69, 9.17) is 14.2 Å². The summed E-state index contributed by atoms with van der Waals surface area (Å²) in [6, 6.07) is 3.81. The van der Waals surface area contributed by atoms with E-state index in [1.165, 1.54) is 0 Å². The molecule has 1 heterocycles. The van der Waals surface area contributed by atoms with E-state index < -0.39 is 0 Å². The molecule has 0 fully saturated rings. The highest BCUT2D eigenvalue weighted by Gasteiger charge is 2.18. The molecule has 108 valence electrons. The molecule has 0 bridgehead atoms. The second-order valence-electron chi connectivity index (χ2n) is 3.94. The van der Waals surface area contributed by atoms with Crippen molar-refractivity contribution in [1.82, 2.24) is 4.98 Å². The molecule has 2 aromatic rings. The lowest BCUT2D eigenvalue weighted by Crippen LogP contribution is -1.96. The van der Waals surface area contributed by atoms with Crippen LogP contribution in [0.1, 0.15) is 6.92 Å². The first kappa shape index (κ1) is 14.5. The van der Waals surface area contributed by atoms with Crippen molar-refractivity contribution >= 4 is 16.5 Å². The minimum atomic E-state index is 0.589. The lowest BCUT2D eigenvalue weighted by Gasteiger charge is -2.14. The summed E-state index contributed by atoms with van der Waals surface area (Å²) in [6.07, 6.45) is 1.83. The maximum atomic E-state index is 5.49. The van der Waals surface area contributed by atoms with Crippen LogP contribution in [-0.4, -0.2) is 32.9 Å². The van der Waals surface area contributed by atoms with E-state index in [9.17, 15) is 0 Å². The Labute approximate surface area is 122 Å². The zero-order chi connectivity index (χ0) is 14.5. The molecule has 0 radical (unpaired) electrons. The van der Waals surface area contributed by atoms with Crippen molar-refractivity contribution in [2.75, 3.05) is 33.2 Å². The van der Waals surface area contributed by atoms with Crippen LogP contribution < -0.4 is 19.5 Å². The molecular weight excluding hydrogens is 276 g/mol. The average Bonchev–Trinajstić information content (AvgIpc) is 2.94. The molecule has 0 aliphatic heterocycles. The summed E-state index contributed by atoms with van der Waals surface area (Å²) in [5.41, 5.74) is 0.937. The first-order valence-corrected chi connectivity index (χ1v) is 7.05. The number of nitrogens with zero attached hydrogens (tertiary/aromatic N) is 1. The number of ether oxygens (including phenoxy) is 3. The van der Waals surface area contributed by atoms with Crippen LogP contribution in [0.25, 0.3) is 10.4 Å². The van der Waals surface area contributed by atoms with Gasteiger partial charge in [-0.15, -0.1) is 0 Å². The van der Waals surface area contributed by atoms with Crippen molar-refractivity contribution in [2.24, 2.45) is 0 Å². The predicted molar refractivity (Wildman–Crippen MR) is 81.4 cm³/mol. The zero-order valence-corrected chi connectivity index (χ0v) is 12.8. The highest BCUT2D eigenvalue weighted by atomic mass is 32.1. The molecule has 1 aromatic carbocycles. The normalized spacial score (nSPS) is 10.2. The van der Waals surface area contributed by atoms with Crippen molar-refractivity contribution in [3.8, 4) is 27.7 Å². The molecule has 0 aliphatic carbocycles. The topological polar surface area (TPSA) is 52.6 Å². The Morgan fingerprint density at radius 2 is 1.85 bits per heavy atom. The Bertz CT molecular complexity index is 584. The fraction of sp³-hybridized carbons (Fsp3) is 0.357. The first-order valence-electron chi connectivity index (χ1n) is 6.24. The van der Waals surface area contributed by atoms with Crippen molar-refractivity contribution in [3.63, 3.8) is 0 Å². The Morgan fingerprint density at radius 1 is 1.10 bits per heavy atom. The summed E-state index contributed by atoms with van der Waals surface area (Å²) in [5.74, 6) is 1.88. The summed E-state index contributed by atoms with van der Waals surface area (Å²) in [6.45, 7) is 2.88. The minimum absolute atomic E-state index is 0.589. The molecule has 1 N–H and O–H groups in total. The summed E-state index contributed by atoms with van der Waals surface area (Å²) >= 11 is 1.57. The molecule has 0 amide bonds. The van der Waals surface area contributed by atoms with E-state index in [1.807, 2.05) is 25.3 Å². The van der Waals surface area contributed by atoms with Crippen molar-refractivity contribution in [2.45, 2.75) is 6.92 Å². The number of hydrogen-bond acceptors (Lipinski definition) is 6.